The number of amides is 2. The SMILES string of the molecule is CN(C)CCC(=O)N(C)c1ccc(NC(=C2C(=O)Nc3cc(F)ccc32)c2ccc3c(c2)OCCO3)cc1. The minimum absolute atomic E-state index is 0.0185. The monoisotopic (exact) mass is 516 g/mol. The van der Waals surface area contributed by atoms with Gasteiger partial charge in [0.25, 0.3) is 5.91 Å². The molecule has 0 saturated heterocycles. The average Bonchev–Trinajstić information content (AvgIpc) is 3.24. The molecule has 3 aromatic carbocycles. The molecule has 0 bridgehead atoms. The highest BCUT2D eigenvalue weighted by Crippen LogP contribution is 2.40. The highest BCUT2D eigenvalue weighted by molar-refractivity contribution is 6.37. The molecule has 2 aliphatic rings. The quantitative estimate of drug-likeness (QED) is 0.452. The van der Waals surface area contributed by atoms with E-state index in [1.165, 1.54) is 12.1 Å². The van der Waals surface area contributed by atoms with Gasteiger partial charge in [-0.3, -0.25) is 9.59 Å². The Bertz CT molecular complexity index is 1420. The predicted molar refractivity (Wildman–Crippen MR) is 146 cm³/mol. The van der Waals surface area contributed by atoms with Gasteiger partial charge in [-0.1, -0.05) is 0 Å². The van der Waals surface area contributed by atoms with Crippen molar-refractivity contribution in [2.75, 3.05) is 56.4 Å². The van der Waals surface area contributed by atoms with Crippen LogP contribution < -0.4 is 25.0 Å². The third kappa shape index (κ3) is 5.19. The molecule has 0 saturated carbocycles. The first kappa shape index (κ1) is 25.3. The topological polar surface area (TPSA) is 83.1 Å². The van der Waals surface area contributed by atoms with Gasteiger partial charge in [-0.05, 0) is 74.8 Å². The fourth-order valence-electron chi connectivity index (χ4n) is 4.41. The number of anilines is 3. The van der Waals surface area contributed by atoms with Gasteiger partial charge >= 0.3 is 0 Å². The molecule has 2 amide bonds. The number of nitrogens with zero attached hydrogens (tertiary/aromatic N) is 2. The van der Waals surface area contributed by atoms with E-state index in [9.17, 15) is 14.0 Å². The number of rotatable bonds is 7. The molecule has 38 heavy (non-hydrogen) atoms. The van der Waals surface area contributed by atoms with Gasteiger partial charge in [0.1, 0.15) is 19.0 Å². The van der Waals surface area contributed by atoms with Gasteiger partial charge in [0.15, 0.2) is 11.5 Å². The molecule has 0 fully saturated rings. The number of hydrogen-bond acceptors (Lipinski definition) is 6. The van der Waals surface area contributed by atoms with Crippen LogP contribution in [-0.4, -0.2) is 57.6 Å². The van der Waals surface area contributed by atoms with Gasteiger partial charge in [-0.2, -0.15) is 0 Å². The molecule has 9 heteroatoms. The van der Waals surface area contributed by atoms with Gasteiger partial charge in [0.05, 0.1) is 17.0 Å². The van der Waals surface area contributed by atoms with Crippen LogP contribution >= 0.6 is 0 Å². The summed E-state index contributed by atoms with van der Waals surface area (Å²) in [5.41, 5.74) is 4.10. The number of carbonyl (C=O) groups is 2. The Kier molecular flexibility index (Phi) is 7.02. The van der Waals surface area contributed by atoms with E-state index in [-0.39, 0.29) is 11.8 Å². The standard InChI is InChI=1S/C29H29FN4O4/c1-33(2)13-12-26(35)34(3)21-8-6-20(7-9-21)31-28(18-4-11-24-25(16-18)38-15-14-37-24)27-22-10-5-19(30)17-23(22)32-29(27)36/h4-11,16-17,31H,12-15H2,1-3H3,(H,32,36). The summed E-state index contributed by atoms with van der Waals surface area (Å²) in [5.74, 6) is 0.461. The van der Waals surface area contributed by atoms with Crippen molar-refractivity contribution in [3.05, 3.63) is 77.6 Å². The predicted octanol–water partition coefficient (Wildman–Crippen LogP) is 4.44. The van der Waals surface area contributed by atoms with Gasteiger partial charge in [0, 0.05) is 42.5 Å². The van der Waals surface area contributed by atoms with Crippen LogP contribution in [0.15, 0.2) is 60.7 Å². The lowest BCUT2D eigenvalue weighted by molar-refractivity contribution is -0.118. The Morgan fingerprint density at radius 1 is 0.974 bits per heavy atom. The van der Waals surface area contributed by atoms with Gasteiger partial charge in [0.2, 0.25) is 5.91 Å². The van der Waals surface area contributed by atoms with E-state index >= 15 is 0 Å². The fourth-order valence-corrected chi connectivity index (χ4v) is 4.41. The molecule has 0 spiro atoms. The maximum atomic E-state index is 13.9. The summed E-state index contributed by atoms with van der Waals surface area (Å²) >= 11 is 0. The molecule has 0 aliphatic carbocycles. The second kappa shape index (κ2) is 10.5. The zero-order valence-electron chi connectivity index (χ0n) is 21.5. The molecule has 3 aromatic rings. The van der Waals surface area contributed by atoms with Crippen LogP contribution in [0.3, 0.4) is 0 Å². The molecule has 0 atom stereocenters. The van der Waals surface area contributed by atoms with E-state index in [2.05, 4.69) is 10.6 Å². The summed E-state index contributed by atoms with van der Waals surface area (Å²) in [5, 5.41) is 6.15. The van der Waals surface area contributed by atoms with E-state index in [0.29, 0.717) is 71.5 Å². The zero-order chi connectivity index (χ0) is 26.8. The van der Waals surface area contributed by atoms with Crippen LogP contribution in [0.25, 0.3) is 11.3 Å². The first-order valence-corrected chi connectivity index (χ1v) is 12.3. The van der Waals surface area contributed by atoms with E-state index < -0.39 is 5.82 Å². The average molecular weight is 517 g/mol. The normalized spacial score (nSPS) is 15.1. The number of hydrogen-bond donors (Lipinski definition) is 2. The molecular formula is C29H29FN4O4. The van der Waals surface area contributed by atoms with Gasteiger partial charge in [-0.15, -0.1) is 0 Å². The van der Waals surface area contributed by atoms with Crippen LogP contribution in [0, 0.1) is 5.82 Å². The van der Waals surface area contributed by atoms with E-state index in [1.807, 2.05) is 61.5 Å². The molecule has 2 N–H and O–H groups in total. The van der Waals surface area contributed by atoms with E-state index in [0.717, 1.165) is 5.69 Å². The van der Waals surface area contributed by atoms with Crippen molar-refractivity contribution in [2.45, 2.75) is 6.42 Å². The third-order valence-corrected chi connectivity index (χ3v) is 6.48. The van der Waals surface area contributed by atoms with E-state index in [1.54, 1.807) is 18.0 Å². The minimum Gasteiger partial charge on any atom is -0.486 e. The largest absolute Gasteiger partial charge is 0.486 e. The maximum Gasteiger partial charge on any atom is 0.258 e. The number of ether oxygens (including phenoxy) is 2. The van der Waals surface area contributed by atoms with E-state index in [4.69, 9.17) is 9.47 Å². The summed E-state index contributed by atoms with van der Waals surface area (Å²) in [6.45, 7) is 1.57. The summed E-state index contributed by atoms with van der Waals surface area (Å²) in [7, 11) is 5.62. The van der Waals surface area contributed by atoms with Crippen LogP contribution in [0.2, 0.25) is 0 Å². The lowest BCUT2D eigenvalue weighted by Crippen LogP contribution is -2.29. The Hall–Kier alpha value is -4.37. The van der Waals surface area contributed by atoms with Crippen LogP contribution in [0.4, 0.5) is 21.5 Å². The molecule has 0 aromatic heterocycles. The smallest absolute Gasteiger partial charge is 0.258 e. The second-order valence-corrected chi connectivity index (χ2v) is 9.43. The number of fused-ring (bicyclic) bond motifs is 2. The van der Waals surface area contributed by atoms with Crippen LogP contribution in [0.5, 0.6) is 11.5 Å². The molecule has 2 aliphatic heterocycles. The minimum atomic E-state index is -0.432. The highest BCUT2D eigenvalue weighted by atomic mass is 19.1. The second-order valence-electron chi connectivity index (χ2n) is 9.43. The van der Waals surface area contributed by atoms with Crippen molar-refractivity contribution in [1.82, 2.24) is 4.90 Å². The molecule has 2 heterocycles. The van der Waals surface area contributed by atoms with Gasteiger partial charge < -0.3 is 29.9 Å². The lowest BCUT2D eigenvalue weighted by Gasteiger charge is -2.21. The number of benzene rings is 3. The molecule has 8 nitrogen and oxygen atoms in total. The van der Waals surface area contributed by atoms with Crippen molar-refractivity contribution in [2.24, 2.45) is 0 Å². The third-order valence-electron chi connectivity index (χ3n) is 6.48. The van der Waals surface area contributed by atoms with Crippen LogP contribution in [-0.2, 0) is 9.59 Å². The maximum absolute atomic E-state index is 13.9. The Morgan fingerprint density at radius 3 is 2.45 bits per heavy atom. The fraction of sp³-hybridized carbons (Fsp3) is 0.241. The van der Waals surface area contributed by atoms with Crippen molar-refractivity contribution in [3.63, 3.8) is 0 Å². The van der Waals surface area contributed by atoms with Crippen LogP contribution in [0.1, 0.15) is 17.5 Å². The Balaban J connectivity index is 1.50. The summed E-state index contributed by atoms with van der Waals surface area (Å²) in [4.78, 5) is 29.3. The van der Waals surface area contributed by atoms with Crippen molar-refractivity contribution < 1.29 is 23.5 Å². The molecule has 0 unspecified atom stereocenters. The number of nitrogens with one attached hydrogen (secondary N) is 2. The Morgan fingerprint density at radius 2 is 1.71 bits per heavy atom. The summed E-state index contributed by atoms with van der Waals surface area (Å²) in [6, 6.07) is 17.1. The van der Waals surface area contributed by atoms with Crippen molar-refractivity contribution in [3.8, 4) is 11.5 Å². The van der Waals surface area contributed by atoms with Crippen molar-refractivity contribution >= 4 is 40.1 Å². The molecule has 0 radical (unpaired) electrons. The Labute approximate surface area is 220 Å². The first-order chi connectivity index (χ1) is 18.3. The number of carbonyl (C=O) groups excluding carboxylic acids is 2. The molecular weight excluding hydrogens is 487 g/mol. The zero-order valence-corrected chi connectivity index (χ0v) is 21.5. The number of halogens is 1. The van der Waals surface area contributed by atoms with Gasteiger partial charge in [-0.25, -0.2) is 4.39 Å². The van der Waals surface area contributed by atoms with Crippen molar-refractivity contribution in [1.29, 1.82) is 0 Å². The summed E-state index contributed by atoms with van der Waals surface area (Å²) in [6.07, 6.45) is 0.416. The lowest BCUT2D eigenvalue weighted by atomic mass is 9.99. The summed E-state index contributed by atoms with van der Waals surface area (Å²) < 4.78 is 25.3. The first-order valence-electron chi connectivity index (χ1n) is 12.3. The molecule has 196 valence electrons. The molecule has 5 rings (SSSR count). The highest BCUT2D eigenvalue weighted by Gasteiger charge is 2.29.